The molecule has 154 valence electrons. The van der Waals surface area contributed by atoms with Gasteiger partial charge in [0, 0.05) is 36.7 Å². The second-order valence-electron chi connectivity index (χ2n) is 6.45. The number of benzene rings is 1. The van der Waals surface area contributed by atoms with Gasteiger partial charge in [0.2, 0.25) is 10.0 Å². The van der Waals surface area contributed by atoms with Crippen molar-refractivity contribution in [1.82, 2.24) is 9.71 Å². The van der Waals surface area contributed by atoms with E-state index in [9.17, 15) is 18.0 Å². The van der Waals surface area contributed by atoms with Crippen LogP contribution in [0.4, 0.5) is 10.2 Å². The van der Waals surface area contributed by atoms with E-state index < -0.39 is 15.8 Å². The van der Waals surface area contributed by atoms with Gasteiger partial charge in [0.1, 0.15) is 17.5 Å². The zero-order valence-corrected chi connectivity index (χ0v) is 17.1. The maximum atomic E-state index is 13.4. The molecular formula is C18H19ClFN5O3S. The van der Waals surface area contributed by atoms with E-state index in [1.165, 1.54) is 12.1 Å². The topological polar surface area (TPSA) is 116 Å². The Hall–Kier alpha value is -2.56. The second kappa shape index (κ2) is 8.85. The van der Waals surface area contributed by atoms with Crippen molar-refractivity contribution in [3.8, 4) is 0 Å². The van der Waals surface area contributed by atoms with Gasteiger partial charge in [0.05, 0.1) is 23.5 Å². The van der Waals surface area contributed by atoms with Crippen LogP contribution in [-0.2, 0) is 22.9 Å². The molecule has 29 heavy (non-hydrogen) atoms. The maximum absolute atomic E-state index is 13.4. The molecule has 0 bridgehead atoms. The third-order valence-electron chi connectivity index (χ3n) is 4.23. The minimum absolute atomic E-state index is 0.00136. The Morgan fingerprint density at radius 1 is 1.41 bits per heavy atom. The monoisotopic (exact) mass is 439 g/mol. The molecular weight excluding hydrogens is 421 g/mol. The lowest BCUT2D eigenvalue weighted by Crippen LogP contribution is -2.25. The van der Waals surface area contributed by atoms with Crippen LogP contribution in [0.15, 0.2) is 40.6 Å². The summed E-state index contributed by atoms with van der Waals surface area (Å²) in [7, 11) is -3.26. The largest absolute Gasteiger partial charge is 0.411 e. The van der Waals surface area contributed by atoms with E-state index in [0.717, 1.165) is 11.8 Å². The summed E-state index contributed by atoms with van der Waals surface area (Å²) >= 11 is 5.83. The Morgan fingerprint density at radius 2 is 2.21 bits per heavy atom. The first-order valence-electron chi connectivity index (χ1n) is 8.65. The number of aliphatic imine (C=N–C) groups is 1. The molecule has 11 heteroatoms. The highest BCUT2D eigenvalue weighted by Gasteiger charge is 2.23. The van der Waals surface area contributed by atoms with E-state index in [4.69, 9.17) is 11.6 Å². The third kappa shape index (κ3) is 5.49. The Balaban J connectivity index is 1.76. The molecule has 2 heterocycles. The fourth-order valence-electron chi connectivity index (χ4n) is 2.94. The van der Waals surface area contributed by atoms with E-state index in [-0.39, 0.29) is 24.5 Å². The normalized spacial score (nSPS) is 15.4. The number of nitrogens with one attached hydrogen (secondary N) is 2. The average molecular weight is 440 g/mol. The molecule has 0 fully saturated rings. The second-order valence-corrected chi connectivity index (χ2v) is 8.69. The quantitative estimate of drug-likeness (QED) is 0.265. The van der Waals surface area contributed by atoms with Crippen LogP contribution in [0.1, 0.15) is 16.7 Å². The highest BCUT2D eigenvalue weighted by atomic mass is 35.5. The van der Waals surface area contributed by atoms with Gasteiger partial charge in [-0.15, -0.1) is 0 Å². The lowest BCUT2D eigenvalue weighted by molar-refractivity contribution is 0.318. The van der Waals surface area contributed by atoms with Gasteiger partial charge in [0.15, 0.2) is 0 Å². The molecule has 8 nitrogen and oxygen atoms in total. The van der Waals surface area contributed by atoms with Crippen LogP contribution in [0.2, 0.25) is 5.02 Å². The van der Waals surface area contributed by atoms with E-state index >= 15 is 0 Å². The van der Waals surface area contributed by atoms with Crippen LogP contribution in [0, 0.1) is 5.82 Å². The number of rotatable bonds is 7. The molecule has 1 aromatic heterocycles. The molecule has 3 rings (SSSR count). The standard InChI is InChI=1S/C18H19ClFN5O3S/c1-29(27,28)23-7-6-21-17-10-13-12(4-5-22-18(13)24-17)16(25-26)9-11-2-3-15(20)14(19)8-11/h2-5,8,23,26H,6-7,9-10H2,1H3,(H,21,22,24)/b25-16+. The number of anilines is 1. The minimum Gasteiger partial charge on any atom is -0.411 e. The summed E-state index contributed by atoms with van der Waals surface area (Å²) in [4.78, 5) is 8.63. The smallest absolute Gasteiger partial charge is 0.208 e. The molecule has 0 unspecified atom stereocenters. The van der Waals surface area contributed by atoms with Gasteiger partial charge in [-0.3, -0.25) is 4.99 Å². The molecule has 0 spiro atoms. The summed E-state index contributed by atoms with van der Waals surface area (Å²) in [6, 6.07) is 6.06. The van der Waals surface area contributed by atoms with Crippen molar-refractivity contribution in [1.29, 1.82) is 0 Å². The van der Waals surface area contributed by atoms with Crippen molar-refractivity contribution in [2.75, 3.05) is 24.7 Å². The molecule has 0 aliphatic carbocycles. The first kappa shape index (κ1) is 21.2. The summed E-state index contributed by atoms with van der Waals surface area (Å²) in [6.07, 6.45) is 3.35. The van der Waals surface area contributed by atoms with E-state index in [1.807, 2.05) is 0 Å². The number of aromatic nitrogens is 1. The Labute approximate surface area is 172 Å². The summed E-state index contributed by atoms with van der Waals surface area (Å²) in [5, 5.41) is 16.1. The predicted molar refractivity (Wildman–Crippen MR) is 110 cm³/mol. The van der Waals surface area contributed by atoms with Gasteiger partial charge in [-0.25, -0.2) is 22.5 Å². The number of sulfonamides is 1. The number of fused-ring (bicyclic) bond motifs is 1. The highest BCUT2D eigenvalue weighted by molar-refractivity contribution is 7.88. The van der Waals surface area contributed by atoms with Crippen LogP contribution in [0.3, 0.4) is 0 Å². The number of hydrogen-bond acceptors (Lipinski definition) is 6. The lowest BCUT2D eigenvalue weighted by Gasteiger charge is -2.09. The van der Waals surface area contributed by atoms with Crippen molar-refractivity contribution in [3.63, 3.8) is 0 Å². The zero-order valence-electron chi connectivity index (χ0n) is 15.5. The average Bonchev–Trinajstić information content (AvgIpc) is 3.08. The molecule has 0 saturated carbocycles. The number of hydrogen-bond donors (Lipinski definition) is 3. The number of oxime groups is 1. The fourth-order valence-corrected chi connectivity index (χ4v) is 3.61. The molecule has 0 saturated heterocycles. The van der Waals surface area contributed by atoms with Crippen molar-refractivity contribution in [3.05, 3.63) is 58.0 Å². The SMILES string of the molecule is CS(=O)(=O)NCCN=C1Cc2c(/C(Cc3ccc(F)c(Cl)c3)=N/O)ccnc2N1. The molecule has 1 aliphatic rings. The predicted octanol–water partition coefficient (Wildman–Crippen LogP) is 2.21. The molecule has 0 radical (unpaired) electrons. The number of nitrogens with zero attached hydrogens (tertiary/aromatic N) is 3. The fraction of sp³-hybridized carbons (Fsp3) is 0.278. The highest BCUT2D eigenvalue weighted by Crippen LogP contribution is 2.26. The third-order valence-corrected chi connectivity index (χ3v) is 5.25. The first-order chi connectivity index (χ1) is 13.8. The van der Waals surface area contributed by atoms with Crippen molar-refractivity contribution >= 4 is 39.0 Å². The first-order valence-corrected chi connectivity index (χ1v) is 10.9. The minimum atomic E-state index is -3.26. The zero-order chi connectivity index (χ0) is 21.0. The van der Waals surface area contributed by atoms with Crippen LogP contribution in [0.25, 0.3) is 0 Å². The lowest BCUT2D eigenvalue weighted by atomic mass is 9.98. The Morgan fingerprint density at radius 3 is 2.90 bits per heavy atom. The van der Waals surface area contributed by atoms with Crippen LogP contribution < -0.4 is 10.0 Å². The van der Waals surface area contributed by atoms with E-state index in [1.54, 1.807) is 18.3 Å². The molecule has 0 atom stereocenters. The van der Waals surface area contributed by atoms with Crippen molar-refractivity contribution < 1.29 is 18.0 Å². The number of amidine groups is 1. The van der Waals surface area contributed by atoms with Crippen LogP contribution in [-0.4, -0.2) is 49.5 Å². The summed E-state index contributed by atoms with van der Waals surface area (Å²) in [6.45, 7) is 0.461. The van der Waals surface area contributed by atoms with Gasteiger partial charge in [-0.05, 0) is 23.8 Å². The maximum Gasteiger partial charge on any atom is 0.208 e. The van der Waals surface area contributed by atoms with Gasteiger partial charge in [0.25, 0.3) is 0 Å². The molecule has 3 N–H and O–H groups in total. The van der Waals surface area contributed by atoms with Crippen LogP contribution >= 0.6 is 11.6 Å². The van der Waals surface area contributed by atoms with Gasteiger partial charge < -0.3 is 10.5 Å². The van der Waals surface area contributed by atoms with Gasteiger partial charge in [-0.1, -0.05) is 22.8 Å². The molecule has 0 amide bonds. The Kier molecular flexibility index (Phi) is 6.46. The van der Waals surface area contributed by atoms with E-state index in [2.05, 4.69) is 25.2 Å². The number of halogens is 2. The summed E-state index contributed by atoms with van der Waals surface area (Å²) in [5.74, 6) is 0.714. The van der Waals surface area contributed by atoms with Crippen molar-refractivity contribution in [2.24, 2.45) is 10.1 Å². The summed E-state index contributed by atoms with van der Waals surface area (Å²) in [5.41, 5.74) is 2.57. The van der Waals surface area contributed by atoms with Gasteiger partial charge in [-0.2, -0.15) is 0 Å². The number of pyridine rings is 1. The summed E-state index contributed by atoms with van der Waals surface area (Å²) < 4.78 is 37.9. The Bertz CT molecular complexity index is 1090. The molecule has 1 aliphatic heterocycles. The van der Waals surface area contributed by atoms with Crippen LogP contribution in [0.5, 0.6) is 0 Å². The van der Waals surface area contributed by atoms with Crippen molar-refractivity contribution in [2.45, 2.75) is 12.8 Å². The van der Waals surface area contributed by atoms with Gasteiger partial charge >= 0.3 is 0 Å². The molecule has 2 aromatic rings. The van der Waals surface area contributed by atoms with E-state index in [0.29, 0.717) is 34.9 Å². The molecule has 1 aromatic carbocycles.